The second-order valence-corrected chi connectivity index (χ2v) is 10.6. The molecule has 4 aromatic carbocycles. The number of nitrogens with one attached hydrogen (secondary N) is 3. The first kappa shape index (κ1) is 32.0. The summed E-state index contributed by atoms with van der Waals surface area (Å²) in [5.74, 6) is 0.535. The predicted octanol–water partition coefficient (Wildman–Crippen LogP) is 6.51. The Bertz CT molecular complexity index is 1660. The zero-order valence-electron chi connectivity index (χ0n) is 24.2. The molecule has 0 fully saturated rings. The minimum absolute atomic E-state index is 0.000774. The first-order valence-corrected chi connectivity index (χ1v) is 14.6. The summed E-state index contributed by atoms with van der Waals surface area (Å²) in [5, 5.41) is 8.74. The number of benzene rings is 4. The van der Waals surface area contributed by atoms with Crippen molar-refractivity contribution in [3.8, 4) is 17.2 Å². The Kier molecular flexibility index (Phi) is 11.3. The van der Waals surface area contributed by atoms with Crippen LogP contribution in [0.2, 0.25) is 5.02 Å². The minimum Gasteiger partial charge on any atom is -0.497 e. The molecule has 0 bridgehead atoms. The molecule has 0 unspecified atom stereocenters. The molecule has 11 heteroatoms. The van der Waals surface area contributed by atoms with E-state index in [0.717, 1.165) is 4.90 Å². The van der Waals surface area contributed by atoms with Gasteiger partial charge in [0, 0.05) is 27.4 Å². The third-order valence-corrected chi connectivity index (χ3v) is 7.49. The summed E-state index contributed by atoms with van der Waals surface area (Å²) in [6.07, 6.45) is 1.52. The maximum atomic E-state index is 13.4. The zero-order chi connectivity index (χ0) is 31.5. The number of anilines is 2. The smallest absolute Gasteiger partial charge is 0.272 e. The number of ether oxygens (including phenoxy) is 3. The fourth-order valence-electron chi connectivity index (χ4n) is 3.97. The molecule has 0 saturated carbocycles. The zero-order valence-corrected chi connectivity index (χ0v) is 25.8. The van der Waals surface area contributed by atoms with Gasteiger partial charge in [-0.3, -0.25) is 14.4 Å². The Balaban J connectivity index is 1.45. The van der Waals surface area contributed by atoms with Crippen molar-refractivity contribution in [2.45, 2.75) is 4.90 Å². The van der Waals surface area contributed by atoms with E-state index < -0.39 is 11.8 Å². The molecule has 0 atom stereocenters. The van der Waals surface area contributed by atoms with Gasteiger partial charge in [0.05, 0.1) is 32.1 Å². The molecule has 0 aliphatic carbocycles. The average molecular weight is 632 g/mol. The van der Waals surface area contributed by atoms with Gasteiger partial charge in [-0.25, -0.2) is 0 Å². The molecule has 9 nitrogen and oxygen atoms in total. The van der Waals surface area contributed by atoms with Gasteiger partial charge in [0.15, 0.2) is 0 Å². The van der Waals surface area contributed by atoms with E-state index in [2.05, 4.69) is 16.0 Å². The molecule has 0 aromatic heterocycles. The van der Waals surface area contributed by atoms with Crippen LogP contribution in [-0.2, 0) is 9.59 Å². The third kappa shape index (κ3) is 8.79. The van der Waals surface area contributed by atoms with Crippen molar-refractivity contribution in [2.24, 2.45) is 0 Å². The maximum Gasteiger partial charge on any atom is 0.272 e. The van der Waals surface area contributed by atoms with Crippen LogP contribution in [0.25, 0.3) is 6.08 Å². The van der Waals surface area contributed by atoms with Crippen molar-refractivity contribution >= 4 is 58.5 Å². The molecule has 4 aromatic rings. The molecule has 0 heterocycles. The molecule has 3 N–H and O–H groups in total. The van der Waals surface area contributed by atoms with E-state index in [-0.39, 0.29) is 17.4 Å². The van der Waals surface area contributed by atoms with Crippen molar-refractivity contribution in [1.29, 1.82) is 0 Å². The van der Waals surface area contributed by atoms with Gasteiger partial charge in [-0.1, -0.05) is 29.8 Å². The molecule has 4 rings (SSSR count). The molecule has 3 amide bonds. The maximum absolute atomic E-state index is 13.4. The molecule has 0 spiro atoms. The van der Waals surface area contributed by atoms with Gasteiger partial charge in [0.2, 0.25) is 5.91 Å². The Morgan fingerprint density at radius 2 is 1.45 bits per heavy atom. The summed E-state index contributed by atoms with van der Waals surface area (Å²) in [5.41, 5.74) is 1.99. The molecular formula is C33H30ClN3O6S. The fourth-order valence-corrected chi connectivity index (χ4v) is 4.93. The number of carbonyl (C=O) groups is 3. The predicted molar refractivity (Wildman–Crippen MR) is 174 cm³/mol. The Morgan fingerprint density at radius 1 is 0.773 bits per heavy atom. The highest BCUT2D eigenvalue weighted by atomic mass is 35.5. The fraction of sp³-hybridized carbons (Fsp3) is 0.121. The van der Waals surface area contributed by atoms with Crippen molar-refractivity contribution < 1.29 is 28.6 Å². The van der Waals surface area contributed by atoms with Crippen LogP contribution in [-0.4, -0.2) is 44.8 Å². The summed E-state index contributed by atoms with van der Waals surface area (Å²) in [6, 6.07) is 25.7. The lowest BCUT2D eigenvalue weighted by molar-refractivity contribution is -0.114. The third-order valence-electron chi connectivity index (χ3n) is 6.18. The van der Waals surface area contributed by atoms with Crippen LogP contribution < -0.4 is 30.2 Å². The van der Waals surface area contributed by atoms with E-state index in [1.165, 1.54) is 39.2 Å². The normalized spacial score (nSPS) is 10.9. The van der Waals surface area contributed by atoms with Crippen LogP contribution >= 0.6 is 23.4 Å². The van der Waals surface area contributed by atoms with Crippen LogP contribution in [0, 0.1) is 0 Å². The number of carbonyl (C=O) groups excluding carboxylic acids is 3. The van der Waals surface area contributed by atoms with Crippen LogP contribution in [0.4, 0.5) is 11.4 Å². The monoisotopic (exact) mass is 631 g/mol. The van der Waals surface area contributed by atoms with Gasteiger partial charge in [-0.2, -0.15) is 0 Å². The van der Waals surface area contributed by atoms with E-state index >= 15 is 0 Å². The minimum atomic E-state index is -0.544. The van der Waals surface area contributed by atoms with E-state index in [1.54, 1.807) is 91.0 Å². The van der Waals surface area contributed by atoms with E-state index in [9.17, 15) is 14.4 Å². The highest BCUT2D eigenvalue weighted by molar-refractivity contribution is 8.00. The molecule has 0 radical (unpaired) electrons. The highest BCUT2D eigenvalue weighted by Crippen LogP contribution is 2.28. The van der Waals surface area contributed by atoms with Crippen molar-refractivity contribution in [3.63, 3.8) is 0 Å². The number of rotatable bonds is 12. The highest BCUT2D eigenvalue weighted by Gasteiger charge is 2.17. The van der Waals surface area contributed by atoms with Gasteiger partial charge in [0.25, 0.3) is 11.8 Å². The second-order valence-electron chi connectivity index (χ2n) is 9.15. The largest absolute Gasteiger partial charge is 0.497 e. The van der Waals surface area contributed by atoms with Gasteiger partial charge < -0.3 is 30.2 Å². The summed E-state index contributed by atoms with van der Waals surface area (Å²) < 4.78 is 15.9. The number of methoxy groups -OCH3 is 3. The van der Waals surface area contributed by atoms with E-state index in [1.807, 2.05) is 0 Å². The van der Waals surface area contributed by atoms with E-state index in [0.29, 0.717) is 44.8 Å². The summed E-state index contributed by atoms with van der Waals surface area (Å²) >= 11 is 7.46. The summed E-state index contributed by atoms with van der Waals surface area (Å²) in [7, 11) is 4.57. The first-order valence-electron chi connectivity index (χ1n) is 13.3. The Hall–Kier alpha value is -4.93. The lowest BCUT2D eigenvalue weighted by Gasteiger charge is -2.13. The van der Waals surface area contributed by atoms with Crippen molar-refractivity contribution in [1.82, 2.24) is 5.32 Å². The number of amides is 3. The van der Waals surface area contributed by atoms with Crippen LogP contribution in [0.5, 0.6) is 17.2 Å². The molecule has 0 saturated heterocycles. The number of hydrogen-bond donors (Lipinski definition) is 3. The lowest BCUT2D eigenvalue weighted by atomic mass is 10.1. The van der Waals surface area contributed by atoms with Gasteiger partial charge in [-0.05, 0) is 78.9 Å². The molecule has 0 aliphatic heterocycles. The average Bonchev–Trinajstić information content (AvgIpc) is 3.04. The van der Waals surface area contributed by atoms with Crippen LogP contribution in [0.15, 0.2) is 102 Å². The lowest BCUT2D eigenvalue weighted by Crippen LogP contribution is -2.30. The second kappa shape index (κ2) is 15.5. The molecule has 226 valence electrons. The SMILES string of the molecule is COc1ccc(OC)c(/C=C(\NC(=O)c2ccccc2)C(=O)Nc2ccc(SCC(=O)Nc3ccc(OC)c(Cl)c3)cc2)c1. The number of hydrogen-bond acceptors (Lipinski definition) is 7. The summed E-state index contributed by atoms with van der Waals surface area (Å²) in [6.45, 7) is 0. The molecular weight excluding hydrogens is 602 g/mol. The Morgan fingerprint density at radius 3 is 2.11 bits per heavy atom. The quantitative estimate of drug-likeness (QED) is 0.121. The van der Waals surface area contributed by atoms with Crippen molar-refractivity contribution in [2.75, 3.05) is 37.7 Å². The van der Waals surface area contributed by atoms with Gasteiger partial charge in [-0.15, -0.1) is 11.8 Å². The first-order chi connectivity index (χ1) is 21.3. The number of thioether (sulfide) groups is 1. The van der Waals surface area contributed by atoms with Crippen LogP contribution in [0.1, 0.15) is 15.9 Å². The van der Waals surface area contributed by atoms with Crippen molar-refractivity contribution in [3.05, 3.63) is 113 Å². The molecule has 0 aliphatic rings. The topological polar surface area (TPSA) is 115 Å². The summed E-state index contributed by atoms with van der Waals surface area (Å²) in [4.78, 5) is 39.7. The standard InChI is InChI=1S/C33H30ClN3O6S/c1-41-25-12-16-29(42-2)22(17-25)18-28(37-32(39)21-7-5-4-6-8-21)33(40)36-23-9-13-26(14-10-23)44-20-31(38)35-24-11-15-30(43-3)27(34)19-24/h4-19H,20H2,1-3H3,(H,35,38)(H,36,40)(H,37,39)/b28-18-. The number of halogens is 1. The van der Waals surface area contributed by atoms with Crippen LogP contribution in [0.3, 0.4) is 0 Å². The van der Waals surface area contributed by atoms with E-state index in [4.69, 9.17) is 25.8 Å². The Labute approximate surface area is 264 Å². The van der Waals surface area contributed by atoms with Gasteiger partial charge in [0.1, 0.15) is 22.9 Å². The molecule has 44 heavy (non-hydrogen) atoms. The van der Waals surface area contributed by atoms with Gasteiger partial charge >= 0.3 is 0 Å².